The number of carbonyl (C=O) groups excluding carboxylic acids is 2. The van der Waals surface area contributed by atoms with Crippen LogP contribution in [-0.4, -0.2) is 99.5 Å². The molecule has 0 amide bonds. The predicted octanol–water partition coefficient (Wildman–Crippen LogP) is 5.06. The van der Waals surface area contributed by atoms with Gasteiger partial charge in [0.05, 0.1) is 51.9 Å². The van der Waals surface area contributed by atoms with Gasteiger partial charge in [-0.2, -0.15) is 0 Å². The molecule has 2 fully saturated rings. The van der Waals surface area contributed by atoms with Crippen molar-refractivity contribution in [1.29, 1.82) is 0 Å². The Kier molecular flexibility index (Phi) is 9.04. The summed E-state index contributed by atoms with van der Waals surface area (Å²) in [6.45, 7) is 3.33. The Morgan fingerprint density at radius 1 is 0.674 bits per heavy atom. The lowest BCUT2D eigenvalue weighted by Gasteiger charge is -2.33. The molecule has 2 saturated heterocycles. The molecule has 0 aliphatic carbocycles. The summed E-state index contributed by atoms with van der Waals surface area (Å²) < 4.78 is 23.3. The predicted molar refractivity (Wildman–Crippen MR) is 165 cm³/mol. The van der Waals surface area contributed by atoms with Crippen LogP contribution in [0.2, 0.25) is 0 Å². The van der Waals surface area contributed by atoms with Crippen molar-refractivity contribution >= 4 is 35.4 Å². The lowest BCUT2D eigenvalue weighted by atomic mass is 9.99. The standard InChI is InChI=1S/C33H40N4O6/c1-40-30-14-24-26(34-18-22-8-3-5-10-36(22)20-28(24)38)16-32(30)42-12-7-13-43-33-17-27-25(15-31(33)41-2)29(39)21-37-11-6-4-9-23(37)19-35-27/h14-19,22-23H,3-13,20-21H2,1-2H3/t22-,23-/m0/s1. The van der Waals surface area contributed by atoms with Crippen LogP contribution in [0.1, 0.15) is 65.7 Å². The van der Waals surface area contributed by atoms with Crippen molar-refractivity contribution in [1.82, 2.24) is 9.80 Å². The van der Waals surface area contributed by atoms with Crippen LogP contribution >= 0.6 is 0 Å². The number of aliphatic imine (C=N–C) groups is 2. The van der Waals surface area contributed by atoms with Crippen LogP contribution in [0.5, 0.6) is 23.0 Å². The van der Waals surface area contributed by atoms with Crippen molar-refractivity contribution in [2.45, 2.75) is 57.0 Å². The molecule has 4 aliphatic rings. The summed E-state index contributed by atoms with van der Waals surface area (Å²) in [7, 11) is 3.14. The molecule has 228 valence electrons. The molecule has 4 aliphatic heterocycles. The number of Topliss-reactive ketones (excluding diaryl/α,β-unsaturated/α-hetero) is 2. The minimum Gasteiger partial charge on any atom is -0.493 e. The summed E-state index contributed by atoms with van der Waals surface area (Å²) in [6.07, 6.45) is 11.1. The Bertz CT molecular complexity index is 1320. The van der Waals surface area contributed by atoms with Crippen LogP contribution in [0, 0.1) is 0 Å². The van der Waals surface area contributed by atoms with Crippen LogP contribution < -0.4 is 18.9 Å². The highest BCUT2D eigenvalue weighted by Gasteiger charge is 2.29. The van der Waals surface area contributed by atoms with E-state index >= 15 is 0 Å². The van der Waals surface area contributed by atoms with Crippen molar-refractivity contribution < 1.29 is 28.5 Å². The third-order valence-electron chi connectivity index (χ3n) is 8.76. The number of fused-ring (bicyclic) bond motifs is 4. The zero-order chi connectivity index (χ0) is 29.8. The van der Waals surface area contributed by atoms with Crippen LogP contribution in [0.25, 0.3) is 0 Å². The van der Waals surface area contributed by atoms with Crippen molar-refractivity contribution in [2.75, 3.05) is 53.6 Å². The van der Waals surface area contributed by atoms with Gasteiger partial charge >= 0.3 is 0 Å². The number of nitrogens with zero attached hydrogens (tertiary/aromatic N) is 4. The molecule has 0 N–H and O–H groups in total. The second-order valence-electron chi connectivity index (χ2n) is 11.6. The van der Waals surface area contributed by atoms with E-state index in [0.29, 0.717) is 78.2 Å². The number of piperidine rings is 2. The van der Waals surface area contributed by atoms with E-state index in [1.54, 1.807) is 38.5 Å². The van der Waals surface area contributed by atoms with E-state index in [-0.39, 0.29) is 23.7 Å². The fraction of sp³-hybridized carbons (Fsp3) is 0.515. The van der Waals surface area contributed by atoms with Crippen molar-refractivity contribution in [2.24, 2.45) is 9.98 Å². The number of hydrogen-bond donors (Lipinski definition) is 0. The van der Waals surface area contributed by atoms with Gasteiger partial charge in [-0.05, 0) is 50.9 Å². The van der Waals surface area contributed by atoms with Crippen molar-refractivity contribution in [3.63, 3.8) is 0 Å². The first-order chi connectivity index (χ1) is 21.0. The Hall–Kier alpha value is -3.76. The lowest BCUT2D eigenvalue weighted by Crippen LogP contribution is -2.44. The molecular weight excluding hydrogens is 548 g/mol. The average molecular weight is 589 g/mol. The largest absolute Gasteiger partial charge is 0.493 e. The Morgan fingerprint density at radius 2 is 1.14 bits per heavy atom. The van der Waals surface area contributed by atoms with Gasteiger partial charge in [0.1, 0.15) is 0 Å². The van der Waals surface area contributed by atoms with Gasteiger partial charge in [0.2, 0.25) is 0 Å². The normalized spacial score (nSPS) is 22.2. The van der Waals surface area contributed by atoms with Crippen molar-refractivity contribution in [3.8, 4) is 23.0 Å². The summed E-state index contributed by atoms with van der Waals surface area (Å²) >= 11 is 0. The molecule has 10 heteroatoms. The highest BCUT2D eigenvalue weighted by molar-refractivity contribution is 6.04. The van der Waals surface area contributed by atoms with Crippen LogP contribution in [-0.2, 0) is 0 Å². The Balaban J connectivity index is 1.11. The van der Waals surface area contributed by atoms with Crippen LogP contribution in [0.15, 0.2) is 34.3 Å². The first-order valence-electron chi connectivity index (χ1n) is 15.4. The van der Waals surface area contributed by atoms with Gasteiger partial charge in [-0.3, -0.25) is 29.4 Å². The van der Waals surface area contributed by atoms with Gasteiger partial charge in [0.25, 0.3) is 0 Å². The quantitative estimate of drug-likeness (QED) is 0.395. The maximum absolute atomic E-state index is 13.1. The number of ketones is 2. The molecule has 2 atom stereocenters. The second kappa shape index (κ2) is 13.3. The number of carbonyl (C=O) groups is 2. The molecule has 6 rings (SSSR count). The van der Waals surface area contributed by atoms with Gasteiger partial charge in [-0.15, -0.1) is 0 Å². The summed E-state index contributed by atoms with van der Waals surface area (Å²) in [5.41, 5.74) is 2.32. The monoisotopic (exact) mass is 588 g/mol. The summed E-state index contributed by atoms with van der Waals surface area (Å²) in [5, 5.41) is 0. The third-order valence-corrected chi connectivity index (χ3v) is 8.76. The molecule has 0 bridgehead atoms. The van der Waals surface area contributed by atoms with E-state index in [2.05, 4.69) is 9.80 Å². The number of rotatable bonds is 8. The van der Waals surface area contributed by atoms with Crippen LogP contribution in [0.4, 0.5) is 11.4 Å². The van der Waals surface area contributed by atoms with E-state index in [4.69, 9.17) is 28.9 Å². The zero-order valence-electron chi connectivity index (χ0n) is 25.0. The number of methoxy groups -OCH3 is 2. The van der Waals surface area contributed by atoms with Gasteiger partial charge < -0.3 is 18.9 Å². The number of hydrogen-bond acceptors (Lipinski definition) is 10. The SMILES string of the molecule is COc1cc2c(cc1OCCCOc1cc3c(cc1OC)C(=O)CN1CCCC[C@H]1C=N3)N=C[C@@H]1CCCCN1CC2=O. The van der Waals surface area contributed by atoms with Gasteiger partial charge in [-0.25, -0.2) is 0 Å². The lowest BCUT2D eigenvalue weighted by molar-refractivity contribution is 0.0885. The minimum absolute atomic E-state index is 0.0458. The first kappa shape index (κ1) is 29.3. The molecule has 43 heavy (non-hydrogen) atoms. The van der Waals surface area contributed by atoms with E-state index < -0.39 is 0 Å². The van der Waals surface area contributed by atoms with E-state index in [1.165, 1.54) is 0 Å². The second-order valence-corrected chi connectivity index (χ2v) is 11.6. The molecule has 0 saturated carbocycles. The zero-order valence-corrected chi connectivity index (χ0v) is 25.0. The molecule has 0 radical (unpaired) electrons. The molecule has 10 nitrogen and oxygen atoms in total. The van der Waals surface area contributed by atoms with E-state index in [0.717, 1.165) is 51.6 Å². The topological polar surface area (TPSA) is 102 Å². The minimum atomic E-state index is 0.0458. The molecule has 2 aromatic carbocycles. The highest BCUT2D eigenvalue weighted by Crippen LogP contribution is 2.38. The fourth-order valence-corrected chi connectivity index (χ4v) is 6.36. The maximum Gasteiger partial charge on any atom is 0.179 e. The van der Waals surface area contributed by atoms with Gasteiger partial charge in [0.15, 0.2) is 34.6 Å². The highest BCUT2D eigenvalue weighted by atomic mass is 16.5. The Labute approximate surface area is 252 Å². The van der Waals surface area contributed by atoms with Gasteiger partial charge in [-0.1, -0.05) is 12.8 Å². The maximum atomic E-state index is 13.1. The summed E-state index contributed by atoms with van der Waals surface area (Å²) in [6, 6.07) is 7.44. The molecule has 4 heterocycles. The summed E-state index contributed by atoms with van der Waals surface area (Å²) in [5.74, 6) is 2.17. The first-order valence-corrected chi connectivity index (χ1v) is 15.4. The molecule has 0 unspecified atom stereocenters. The average Bonchev–Trinajstić information content (AvgIpc) is 3.02. The summed E-state index contributed by atoms with van der Waals surface area (Å²) in [4.78, 5) is 40.1. The molecule has 0 spiro atoms. The van der Waals surface area contributed by atoms with E-state index in [1.807, 2.05) is 12.4 Å². The van der Waals surface area contributed by atoms with Crippen LogP contribution in [0.3, 0.4) is 0 Å². The molecule has 0 aromatic heterocycles. The third kappa shape index (κ3) is 6.45. The number of ether oxygens (including phenoxy) is 4. The fourth-order valence-electron chi connectivity index (χ4n) is 6.36. The molecular formula is C33H40N4O6. The van der Waals surface area contributed by atoms with Gasteiger partial charge in [0, 0.05) is 54.2 Å². The smallest absolute Gasteiger partial charge is 0.179 e. The van der Waals surface area contributed by atoms with E-state index in [9.17, 15) is 9.59 Å². The molecule has 2 aromatic rings. The Morgan fingerprint density at radius 3 is 1.58 bits per heavy atom. The van der Waals surface area contributed by atoms with Crippen molar-refractivity contribution in [3.05, 3.63) is 35.4 Å². The number of benzene rings is 2.